The molecule has 0 N–H and O–H groups in total. The normalized spacial score (nSPS) is 40.0. The summed E-state index contributed by atoms with van der Waals surface area (Å²) < 4.78 is 0. The molecule has 4 unspecified atom stereocenters. The van der Waals surface area contributed by atoms with Crippen molar-refractivity contribution in [2.75, 3.05) is 0 Å². The Labute approximate surface area is 154 Å². The third-order valence-electron chi connectivity index (χ3n) is 7.72. The van der Waals surface area contributed by atoms with Crippen LogP contribution in [0.1, 0.15) is 126 Å². The highest BCUT2D eigenvalue weighted by molar-refractivity contribution is 4.99. The lowest BCUT2D eigenvalue weighted by atomic mass is 9.68. The Hall–Kier alpha value is 0. The van der Waals surface area contributed by atoms with Crippen LogP contribution in [-0.4, -0.2) is 0 Å². The van der Waals surface area contributed by atoms with Crippen LogP contribution in [0, 0.1) is 28.1 Å². The molecular weight excluding hydrogens is 288 g/mol. The fourth-order valence-electron chi connectivity index (χ4n) is 5.15. The predicted octanol–water partition coefficient (Wildman–Crippen LogP) is 8.64. The Balaban J connectivity index is 0.00000139. The van der Waals surface area contributed by atoms with Crippen molar-refractivity contribution in [3.05, 3.63) is 0 Å². The molecule has 0 nitrogen and oxygen atoms in total. The first-order valence-corrected chi connectivity index (χ1v) is 11.2. The van der Waals surface area contributed by atoms with Gasteiger partial charge in [-0.3, -0.25) is 0 Å². The van der Waals surface area contributed by atoms with Crippen molar-refractivity contribution in [2.24, 2.45) is 28.1 Å². The first-order valence-electron chi connectivity index (χ1n) is 11.2. The minimum atomic E-state index is 0.555. The fraction of sp³-hybridized carbons (Fsp3) is 1.00. The number of hydrogen-bond donors (Lipinski definition) is 0. The van der Waals surface area contributed by atoms with E-state index in [0.29, 0.717) is 10.8 Å². The molecule has 2 saturated carbocycles. The average Bonchev–Trinajstić information content (AvgIpc) is 3.20. The predicted molar refractivity (Wildman–Crippen MR) is 110 cm³/mol. The second-order valence-electron chi connectivity index (χ2n) is 10.3. The zero-order chi connectivity index (χ0) is 18.4. The van der Waals surface area contributed by atoms with Crippen molar-refractivity contribution in [3.8, 4) is 0 Å². The van der Waals surface area contributed by atoms with Gasteiger partial charge in [0, 0.05) is 0 Å². The van der Waals surface area contributed by atoms with E-state index in [0.717, 1.165) is 17.3 Å². The summed E-state index contributed by atoms with van der Waals surface area (Å²) in [7, 11) is 0. The van der Waals surface area contributed by atoms with Gasteiger partial charge >= 0.3 is 0 Å². The Morgan fingerprint density at radius 1 is 0.833 bits per heavy atom. The molecule has 2 aliphatic rings. The maximum absolute atomic E-state index is 2.59. The zero-order valence-electron chi connectivity index (χ0n) is 18.4. The first-order chi connectivity index (χ1) is 11.2. The van der Waals surface area contributed by atoms with Gasteiger partial charge in [-0.25, -0.2) is 0 Å². The molecule has 2 rings (SSSR count). The minimum Gasteiger partial charge on any atom is -0.0683 e. The molecule has 0 aromatic heterocycles. The summed E-state index contributed by atoms with van der Waals surface area (Å²) in [6.45, 7) is 19.1. The molecule has 2 fully saturated rings. The fourth-order valence-corrected chi connectivity index (χ4v) is 5.15. The topological polar surface area (TPSA) is 0 Å². The molecule has 0 radical (unpaired) electrons. The Morgan fingerprint density at radius 3 is 2.04 bits per heavy atom. The van der Waals surface area contributed by atoms with Gasteiger partial charge in [0.25, 0.3) is 0 Å². The van der Waals surface area contributed by atoms with E-state index in [1.54, 1.807) is 0 Å². The smallest absolute Gasteiger partial charge is 0.0294 e. The quantitative estimate of drug-likeness (QED) is 0.473. The summed E-state index contributed by atoms with van der Waals surface area (Å²) in [5.74, 6) is 1.93. The lowest BCUT2D eigenvalue weighted by Crippen LogP contribution is -2.27. The monoisotopic (exact) mass is 336 g/mol. The number of hydrogen-bond acceptors (Lipinski definition) is 0. The van der Waals surface area contributed by atoms with Gasteiger partial charge in [0.15, 0.2) is 0 Å². The lowest BCUT2D eigenvalue weighted by Gasteiger charge is -2.38. The van der Waals surface area contributed by atoms with Crippen LogP contribution in [0.25, 0.3) is 0 Å². The maximum Gasteiger partial charge on any atom is -0.0294 e. The van der Waals surface area contributed by atoms with E-state index >= 15 is 0 Å². The van der Waals surface area contributed by atoms with E-state index in [1.807, 2.05) is 13.8 Å². The van der Waals surface area contributed by atoms with E-state index in [-0.39, 0.29) is 0 Å². The van der Waals surface area contributed by atoms with Gasteiger partial charge in [-0.15, -0.1) is 0 Å². The molecule has 0 aromatic rings. The molecule has 144 valence electrons. The van der Waals surface area contributed by atoms with Gasteiger partial charge < -0.3 is 0 Å². The molecule has 4 atom stereocenters. The second-order valence-corrected chi connectivity index (χ2v) is 10.3. The zero-order valence-corrected chi connectivity index (χ0v) is 18.4. The summed E-state index contributed by atoms with van der Waals surface area (Å²) in [5.41, 5.74) is 1.86. The molecule has 0 bridgehead atoms. The molecule has 0 spiro atoms. The SMILES string of the molecule is CC.CCCC1(C)CCCCC2(C)CC2CCC(C)(C)CCC1C. The van der Waals surface area contributed by atoms with E-state index in [1.165, 1.54) is 70.6 Å². The molecule has 24 heavy (non-hydrogen) atoms. The summed E-state index contributed by atoms with van der Waals surface area (Å²) >= 11 is 0. The van der Waals surface area contributed by atoms with Gasteiger partial charge in [-0.05, 0) is 79.4 Å². The van der Waals surface area contributed by atoms with Crippen LogP contribution >= 0.6 is 0 Å². The summed E-state index contributed by atoms with van der Waals surface area (Å²) in [6, 6.07) is 0. The summed E-state index contributed by atoms with van der Waals surface area (Å²) in [6.07, 6.45) is 16.0. The van der Waals surface area contributed by atoms with Crippen molar-refractivity contribution in [2.45, 2.75) is 126 Å². The first kappa shape index (κ1) is 22.0. The Bertz CT molecular complexity index is 355. The van der Waals surface area contributed by atoms with Crippen molar-refractivity contribution < 1.29 is 0 Å². The summed E-state index contributed by atoms with van der Waals surface area (Å²) in [4.78, 5) is 0. The molecule has 0 saturated heterocycles. The van der Waals surface area contributed by atoms with Gasteiger partial charge in [0.1, 0.15) is 0 Å². The molecule has 0 aromatic carbocycles. The standard InChI is InChI=1S/C22H42.C2H6/c1-7-12-21(5)13-8-9-14-22(6)17-19(22)11-16-20(3,4)15-10-18(21)2;1-2/h18-19H,7-17H2,1-6H3;1-2H3. The van der Waals surface area contributed by atoms with Crippen molar-refractivity contribution in [3.63, 3.8) is 0 Å². The Morgan fingerprint density at radius 2 is 1.42 bits per heavy atom. The van der Waals surface area contributed by atoms with Crippen molar-refractivity contribution >= 4 is 0 Å². The maximum atomic E-state index is 2.59. The highest BCUT2D eigenvalue weighted by atomic mass is 14.5. The van der Waals surface area contributed by atoms with E-state index in [9.17, 15) is 0 Å². The third kappa shape index (κ3) is 6.06. The lowest BCUT2D eigenvalue weighted by molar-refractivity contribution is 0.132. The van der Waals surface area contributed by atoms with Crippen molar-refractivity contribution in [1.82, 2.24) is 0 Å². The number of fused-ring (bicyclic) bond motifs is 1. The molecular formula is C24H48. The van der Waals surface area contributed by atoms with Crippen LogP contribution in [0.3, 0.4) is 0 Å². The highest BCUT2D eigenvalue weighted by Gasteiger charge is 2.49. The van der Waals surface area contributed by atoms with Crippen molar-refractivity contribution in [1.29, 1.82) is 0 Å². The van der Waals surface area contributed by atoms with Crippen LogP contribution < -0.4 is 0 Å². The van der Waals surface area contributed by atoms with Crippen LogP contribution in [0.15, 0.2) is 0 Å². The molecule has 2 aliphatic carbocycles. The largest absolute Gasteiger partial charge is 0.0683 e. The molecule has 0 heterocycles. The highest BCUT2D eigenvalue weighted by Crippen LogP contribution is 2.59. The molecule has 0 amide bonds. The van der Waals surface area contributed by atoms with Gasteiger partial charge in [0.2, 0.25) is 0 Å². The van der Waals surface area contributed by atoms with Crippen LogP contribution in [0.5, 0.6) is 0 Å². The van der Waals surface area contributed by atoms with E-state index in [4.69, 9.17) is 0 Å². The van der Waals surface area contributed by atoms with E-state index in [2.05, 4.69) is 41.5 Å². The third-order valence-corrected chi connectivity index (χ3v) is 7.72. The summed E-state index contributed by atoms with van der Waals surface area (Å²) in [5, 5.41) is 0. The molecule has 0 aliphatic heterocycles. The number of rotatable bonds is 2. The minimum absolute atomic E-state index is 0.555. The second kappa shape index (κ2) is 9.09. The van der Waals surface area contributed by atoms with Gasteiger partial charge in [-0.1, -0.05) is 74.7 Å². The van der Waals surface area contributed by atoms with Gasteiger partial charge in [0.05, 0.1) is 0 Å². The Kier molecular flexibility index (Phi) is 8.35. The van der Waals surface area contributed by atoms with Gasteiger partial charge in [-0.2, -0.15) is 0 Å². The van der Waals surface area contributed by atoms with E-state index < -0.39 is 0 Å². The molecule has 0 heteroatoms. The van der Waals surface area contributed by atoms with Crippen LogP contribution in [0.2, 0.25) is 0 Å². The average molecular weight is 337 g/mol. The van der Waals surface area contributed by atoms with Crippen LogP contribution in [-0.2, 0) is 0 Å². The van der Waals surface area contributed by atoms with Crippen LogP contribution in [0.4, 0.5) is 0 Å².